The first-order valence-electron chi connectivity index (χ1n) is 3.41. The van der Waals surface area contributed by atoms with Gasteiger partial charge in [-0.1, -0.05) is 6.92 Å². The number of rotatable bonds is 1. The number of aromatic nitrogens is 3. The first-order valence-corrected chi connectivity index (χ1v) is 3.41. The van der Waals surface area contributed by atoms with Crippen LogP contribution < -0.4 is 0 Å². The van der Waals surface area contributed by atoms with E-state index in [0.29, 0.717) is 0 Å². The SMILES string of the molecule is CCc1cc2nccn2[nH]1. The van der Waals surface area contributed by atoms with Gasteiger partial charge in [-0.3, -0.25) is 5.10 Å². The number of H-pyrrole nitrogens is 1. The molecule has 10 heavy (non-hydrogen) atoms. The number of hydrogen-bond donors (Lipinski definition) is 1. The van der Waals surface area contributed by atoms with Crippen LogP contribution >= 0.6 is 0 Å². The molecule has 0 unspecified atom stereocenters. The molecule has 3 nitrogen and oxygen atoms in total. The lowest BCUT2D eigenvalue weighted by molar-refractivity contribution is 0.905. The Bertz CT molecular complexity index is 303. The molecule has 0 saturated heterocycles. The van der Waals surface area contributed by atoms with Gasteiger partial charge in [0.25, 0.3) is 0 Å². The summed E-state index contributed by atoms with van der Waals surface area (Å²) in [5.74, 6) is 0. The maximum Gasteiger partial charge on any atom is 0.153 e. The van der Waals surface area contributed by atoms with Crippen molar-refractivity contribution >= 4 is 5.65 Å². The first-order chi connectivity index (χ1) is 4.90. The summed E-state index contributed by atoms with van der Waals surface area (Å²) in [6.45, 7) is 2.12. The van der Waals surface area contributed by atoms with E-state index in [4.69, 9.17) is 0 Å². The molecule has 0 atom stereocenters. The van der Waals surface area contributed by atoms with E-state index in [0.717, 1.165) is 12.1 Å². The Morgan fingerprint density at radius 3 is 3.30 bits per heavy atom. The molecule has 0 amide bonds. The molecule has 0 aliphatic heterocycles. The van der Waals surface area contributed by atoms with Gasteiger partial charge < -0.3 is 0 Å². The van der Waals surface area contributed by atoms with Crippen molar-refractivity contribution in [2.45, 2.75) is 13.3 Å². The number of imidazole rings is 1. The molecule has 0 spiro atoms. The molecule has 0 fully saturated rings. The highest BCUT2D eigenvalue weighted by atomic mass is 15.3. The summed E-state index contributed by atoms with van der Waals surface area (Å²) >= 11 is 0. The van der Waals surface area contributed by atoms with Crippen LogP contribution in [0.1, 0.15) is 12.6 Å². The number of hydrogen-bond acceptors (Lipinski definition) is 1. The molecule has 2 rings (SSSR count). The van der Waals surface area contributed by atoms with Crippen molar-refractivity contribution < 1.29 is 0 Å². The fraction of sp³-hybridized carbons (Fsp3) is 0.286. The van der Waals surface area contributed by atoms with Crippen molar-refractivity contribution in [2.75, 3.05) is 0 Å². The zero-order valence-corrected chi connectivity index (χ0v) is 5.83. The van der Waals surface area contributed by atoms with E-state index >= 15 is 0 Å². The maximum atomic E-state index is 4.12. The van der Waals surface area contributed by atoms with Gasteiger partial charge in [-0.05, 0) is 6.42 Å². The summed E-state index contributed by atoms with van der Waals surface area (Å²) in [5, 5.41) is 3.18. The van der Waals surface area contributed by atoms with Gasteiger partial charge >= 0.3 is 0 Å². The van der Waals surface area contributed by atoms with E-state index in [-0.39, 0.29) is 0 Å². The number of aryl methyl sites for hydroxylation is 1. The molecule has 3 heteroatoms. The van der Waals surface area contributed by atoms with Crippen molar-refractivity contribution in [2.24, 2.45) is 0 Å². The van der Waals surface area contributed by atoms with E-state index in [1.54, 1.807) is 6.20 Å². The average molecular weight is 135 g/mol. The molecule has 2 aromatic heterocycles. The molecule has 1 N–H and O–H groups in total. The highest BCUT2D eigenvalue weighted by Crippen LogP contribution is 2.02. The lowest BCUT2D eigenvalue weighted by atomic mass is 10.3. The highest BCUT2D eigenvalue weighted by molar-refractivity contribution is 5.38. The fourth-order valence-corrected chi connectivity index (χ4v) is 1.04. The summed E-state index contributed by atoms with van der Waals surface area (Å²) in [4.78, 5) is 4.12. The van der Waals surface area contributed by atoms with Gasteiger partial charge in [-0.15, -0.1) is 0 Å². The van der Waals surface area contributed by atoms with Gasteiger partial charge in [-0.25, -0.2) is 9.50 Å². The Morgan fingerprint density at radius 2 is 2.60 bits per heavy atom. The van der Waals surface area contributed by atoms with Crippen LogP contribution in [-0.4, -0.2) is 14.6 Å². The number of nitrogens with one attached hydrogen (secondary N) is 1. The molecular weight excluding hydrogens is 126 g/mol. The minimum Gasteiger partial charge on any atom is -0.297 e. The van der Waals surface area contributed by atoms with Crippen LogP contribution in [0, 0.1) is 0 Å². The van der Waals surface area contributed by atoms with Crippen molar-refractivity contribution in [3.63, 3.8) is 0 Å². The molecular formula is C7H9N3. The van der Waals surface area contributed by atoms with E-state index in [2.05, 4.69) is 23.1 Å². The van der Waals surface area contributed by atoms with Gasteiger partial charge in [0.05, 0.1) is 0 Å². The second-order valence-corrected chi connectivity index (χ2v) is 2.29. The Kier molecular flexibility index (Phi) is 1.03. The second-order valence-electron chi connectivity index (χ2n) is 2.29. The fourth-order valence-electron chi connectivity index (χ4n) is 1.04. The van der Waals surface area contributed by atoms with Crippen molar-refractivity contribution in [1.29, 1.82) is 0 Å². The van der Waals surface area contributed by atoms with Gasteiger partial charge in [0, 0.05) is 24.2 Å². The summed E-state index contributed by atoms with van der Waals surface area (Å²) in [5.41, 5.74) is 2.22. The summed E-state index contributed by atoms with van der Waals surface area (Å²) < 4.78 is 1.92. The van der Waals surface area contributed by atoms with Gasteiger partial charge in [0.1, 0.15) is 0 Å². The average Bonchev–Trinajstić information content (AvgIpc) is 2.42. The van der Waals surface area contributed by atoms with Crippen LogP contribution in [0.4, 0.5) is 0 Å². The monoisotopic (exact) mass is 135 g/mol. The number of nitrogens with zero attached hydrogens (tertiary/aromatic N) is 2. The quantitative estimate of drug-likeness (QED) is 0.626. The van der Waals surface area contributed by atoms with E-state index in [1.165, 1.54) is 5.69 Å². The predicted molar refractivity (Wildman–Crippen MR) is 38.9 cm³/mol. The largest absolute Gasteiger partial charge is 0.297 e. The minimum atomic E-state index is 0.997. The van der Waals surface area contributed by atoms with Crippen molar-refractivity contribution in [1.82, 2.24) is 14.6 Å². The Morgan fingerprint density at radius 1 is 1.70 bits per heavy atom. The zero-order valence-electron chi connectivity index (χ0n) is 5.83. The molecule has 2 heterocycles. The highest BCUT2D eigenvalue weighted by Gasteiger charge is 1.96. The third-order valence-corrected chi connectivity index (χ3v) is 1.62. The number of aromatic amines is 1. The second kappa shape index (κ2) is 1.87. The van der Waals surface area contributed by atoms with Crippen LogP contribution in [0.3, 0.4) is 0 Å². The normalized spacial score (nSPS) is 10.9. The topological polar surface area (TPSA) is 33.1 Å². The standard InChI is InChI=1S/C7H9N3/c1-2-6-5-7-8-3-4-10(7)9-6/h3-5,9H,2H2,1H3. The third kappa shape index (κ3) is 0.635. The van der Waals surface area contributed by atoms with Crippen LogP contribution in [0.25, 0.3) is 5.65 Å². The summed E-state index contributed by atoms with van der Waals surface area (Å²) in [6.07, 6.45) is 4.73. The molecule has 0 aliphatic carbocycles. The zero-order chi connectivity index (χ0) is 6.97. The molecule has 0 saturated carbocycles. The summed E-state index contributed by atoms with van der Waals surface area (Å²) in [6, 6.07) is 2.06. The van der Waals surface area contributed by atoms with Crippen LogP contribution in [-0.2, 0) is 6.42 Å². The van der Waals surface area contributed by atoms with Crippen molar-refractivity contribution in [3.05, 3.63) is 24.2 Å². The molecule has 2 aromatic rings. The lowest BCUT2D eigenvalue weighted by Gasteiger charge is -1.84. The molecule has 0 bridgehead atoms. The van der Waals surface area contributed by atoms with Crippen molar-refractivity contribution in [3.8, 4) is 0 Å². The van der Waals surface area contributed by atoms with E-state index in [1.807, 2.05) is 10.7 Å². The van der Waals surface area contributed by atoms with Gasteiger partial charge in [0.15, 0.2) is 5.65 Å². The smallest absolute Gasteiger partial charge is 0.153 e. The molecule has 0 aliphatic rings. The number of fused-ring (bicyclic) bond motifs is 1. The molecule has 0 radical (unpaired) electrons. The van der Waals surface area contributed by atoms with Crippen LogP contribution in [0.5, 0.6) is 0 Å². The maximum absolute atomic E-state index is 4.12. The summed E-state index contributed by atoms with van der Waals surface area (Å²) in [7, 11) is 0. The van der Waals surface area contributed by atoms with Gasteiger partial charge in [0.2, 0.25) is 0 Å². The first kappa shape index (κ1) is 5.53. The molecule has 0 aromatic carbocycles. The molecule has 52 valence electrons. The Labute approximate surface area is 58.7 Å². The predicted octanol–water partition coefficient (Wildman–Crippen LogP) is 1.22. The van der Waals surface area contributed by atoms with Crippen LogP contribution in [0.15, 0.2) is 18.5 Å². The van der Waals surface area contributed by atoms with Gasteiger partial charge in [-0.2, -0.15) is 0 Å². The third-order valence-electron chi connectivity index (χ3n) is 1.62. The minimum absolute atomic E-state index is 0.997. The Hall–Kier alpha value is -1.25. The lowest BCUT2D eigenvalue weighted by Crippen LogP contribution is -1.82. The van der Waals surface area contributed by atoms with E-state index < -0.39 is 0 Å². The van der Waals surface area contributed by atoms with E-state index in [9.17, 15) is 0 Å². The van der Waals surface area contributed by atoms with Crippen LogP contribution in [0.2, 0.25) is 0 Å². The Balaban J connectivity index is 2.67.